The lowest BCUT2D eigenvalue weighted by molar-refractivity contribution is 0.172. The number of nitrogens with zero attached hydrogens (tertiary/aromatic N) is 3. The summed E-state index contributed by atoms with van der Waals surface area (Å²) in [6.45, 7) is 5.81. The van der Waals surface area contributed by atoms with Gasteiger partial charge in [-0.15, -0.1) is 0 Å². The van der Waals surface area contributed by atoms with Crippen molar-refractivity contribution in [2.45, 2.75) is 13.0 Å². The summed E-state index contributed by atoms with van der Waals surface area (Å²) >= 11 is 5.95. The van der Waals surface area contributed by atoms with E-state index < -0.39 is 0 Å². The van der Waals surface area contributed by atoms with Crippen molar-refractivity contribution in [2.75, 3.05) is 39.8 Å². The van der Waals surface area contributed by atoms with Gasteiger partial charge in [-0.2, -0.15) is 0 Å². The van der Waals surface area contributed by atoms with Crippen molar-refractivity contribution >= 4 is 17.6 Å². The van der Waals surface area contributed by atoms with Crippen molar-refractivity contribution in [3.63, 3.8) is 0 Å². The fourth-order valence-electron chi connectivity index (χ4n) is 3.05. The maximum absolute atomic E-state index is 5.95. The van der Waals surface area contributed by atoms with Crippen molar-refractivity contribution in [1.82, 2.24) is 15.1 Å². The summed E-state index contributed by atoms with van der Waals surface area (Å²) in [5.74, 6) is 1.97. The van der Waals surface area contributed by atoms with Gasteiger partial charge >= 0.3 is 0 Å². The number of furan rings is 1. The third kappa shape index (κ3) is 5.25. The zero-order chi connectivity index (χ0) is 17.5. The minimum Gasteiger partial charge on any atom is -0.469 e. The van der Waals surface area contributed by atoms with Crippen molar-refractivity contribution in [3.05, 3.63) is 59.0 Å². The van der Waals surface area contributed by atoms with E-state index in [1.165, 1.54) is 5.56 Å². The zero-order valence-electron chi connectivity index (χ0n) is 14.6. The molecule has 1 aliphatic heterocycles. The van der Waals surface area contributed by atoms with E-state index >= 15 is 0 Å². The molecule has 1 saturated heterocycles. The smallest absolute Gasteiger partial charge is 0.193 e. The minimum atomic E-state index is 0.790. The Labute approximate surface area is 154 Å². The second-order valence-electron chi connectivity index (χ2n) is 6.19. The molecule has 134 valence electrons. The molecule has 0 atom stereocenters. The van der Waals surface area contributed by atoms with Crippen LogP contribution in [0.3, 0.4) is 0 Å². The number of aliphatic imine (C=N–C) groups is 1. The molecular weight excluding hydrogens is 336 g/mol. The molecule has 2 aromatic rings. The molecule has 1 aromatic heterocycles. The lowest BCUT2D eigenvalue weighted by atomic mass is 10.2. The Morgan fingerprint density at radius 3 is 2.56 bits per heavy atom. The predicted molar refractivity (Wildman–Crippen MR) is 102 cm³/mol. The first kappa shape index (κ1) is 17.8. The van der Waals surface area contributed by atoms with Crippen LogP contribution in [0.25, 0.3) is 0 Å². The van der Waals surface area contributed by atoms with Crippen LogP contribution in [0.15, 0.2) is 52.1 Å². The molecule has 1 N–H and O–H groups in total. The largest absolute Gasteiger partial charge is 0.469 e. The molecule has 0 radical (unpaired) electrons. The van der Waals surface area contributed by atoms with Gasteiger partial charge in [-0.1, -0.05) is 23.7 Å². The average molecular weight is 361 g/mol. The lowest BCUT2D eigenvalue weighted by Crippen LogP contribution is -2.52. The maximum atomic E-state index is 5.95. The van der Waals surface area contributed by atoms with E-state index in [0.29, 0.717) is 0 Å². The fourth-order valence-corrected chi connectivity index (χ4v) is 3.18. The molecule has 0 aliphatic carbocycles. The topological polar surface area (TPSA) is 44.0 Å². The monoisotopic (exact) mass is 360 g/mol. The molecule has 6 heteroatoms. The summed E-state index contributed by atoms with van der Waals surface area (Å²) in [5, 5.41) is 4.22. The summed E-state index contributed by atoms with van der Waals surface area (Å²) in [5.41, 5.74) is 1.30. The van der Waals surface area contributed by atoms with Gasteiger partial charge in [0.05, 0.1) is 6.26 Å². The van der Waals surface area contributed by atoms with Gasteiger partial charge in [-0.25, -0.2) is 0 Å². The molecule has 0 unspecified atom stereocenters. The molecule has 3 rings (SSSR count). The van der Waals surface area contributed by atoms with Crippen LogP contribution >= 0.6 is 11.6 Å². The van der Waals surface area contributed by atoms with Gasteiger partial charge in [0.2, 0.25) is 0 Å². The number of hydrogen-bond acceptors (Lipinski definition) is 3. The first-order valence-corrected chi connectivity index (χ1v) is 9.07. The average Bonchev–Trinajstić information content (AvgIpc) is 3.15. The molecule has 25 heavy (non-hydrogen) atoms. The SMILES string of the molecule is CN=C(NCCc1ccco1)N1CCN(Cc2ccc(Cl)cc2)CC1. The summed E-state index contributed by atoms with van der Waals surface area (Å²) in [6.07, 6.45) is 2.58. The van der Waals surface area contributed by atoms with Crippen molar-refractivity contribution in [1.29, 1.82) is 0 Å². The van der Waals surface area contributed by atoms with Crippen molar-refractivity contribution < 1.29 is 4.42 Å². The van der Waals surface area contributed by atoms with Crippen LogP contribution in [0.1, 0.15) is 11.3 Å². The van der Waals surface area contributed by atoms with Gasteiger partial charge in [0.1, 0.15) is 5.76 Å². The Balaban J connectivity index is 1.43. The van der Waals surface area contributed by atoms with Gasteiger partial charge in [-0.05, 0) is 29.8 Å². The van der Waals surface area contributed by atoms with Crippen molar-refractivity contribution in [2.24, 2.45) is 4.99 Å². The van der Waals surface area contributed by atoms with Crippen LogP contribution in [0.5, 0.6) is 0 Å². The van der Waals surface area contributed by atoms with E-state index in [2.05, 4.69) is 32.2 Å². The third-order valence-electron chi connectivity index (χ3n) is 4.44. The van der Waals surface area contributed by atoms with E-state index in [1.807, 2.05) is 31.3 Å². The second-order valence-corrected chi connectivity index (χ2v) is 6.63. The Kier molecular flexibility index (Phi) is 6.36. The van der Waals surface area contributed by atoms with E-state index in [9.17, 15) is 0 Å². The molecule has 5 nitrogen and oxygen atoms in total. The number of piperazine rings is 1. The molecule has 1 aromatic carbocycles. The zero-order valence-corrected chi connectivity index (χ0v) is 15.4. The van der Waals surface area contributed by atoms with Gasteiger partial charge in [0, 0.05) is 57.8 Å². The quantitative estimate of drug-likeness (QED) is 0.657. The van der Waals surface area contributed by atoms with Crippen LogP contribution in [0.4, 0.5) is 0 Å². The number of benzene rings is 1. The second kappa shape index (κ2) is 8.92. The molecular formula is C19H25ClN4O. The Hall–Kier alpha value is -1.98. The maximum Gasteiger partial charge on any atom is 0.193 e. The number of nitrogens with one attached hydrogen (secondary N) is 1. The van der Waals surface area contributed by atoms with E-state index in [0.717, 1.165) is 62.4 Å². The number of hydrogen-bond donors (Lipinski definition) is 1. The Bertz CT molecular complexity index is 661. The normalized spacial score (nSPS) is 16.2. The molecule has 2 heterocycles. The lowest BCUT2D eigenvalue weighted by Gasteiger charge is -2.36. The summed E-state index contributed by atoms with van der Waals surface area (Å²) < 4.78 is 5.36. The fraction of sp³-hybridized carbons (Fsp3) is 0.421. The molecule has 1 aliphatic rings. The van der Waals surface area contributed by atoms with Gasteiger partial charge in [0.25, 0.3) is 0 Å². The standard InChI is InChI=1S/C19H25ClN4O/c1-21-19(22-9-8-18-3-2-14-25-18)24-12-10-23(11-13-24)15-16-4-6-17(20)7-5-16/h2-7,14H,8-13,15H2,1H3,(H,21,22). The van der Waals surface area contributed by atoms with Crippen LogP contribution in [0.2, 0.25) is 5.02 Å². The van der Waals surface area contributed by atoms with Crippen LogP contribution in [0, 0.1) is 0 Å². The summed E-state index contributed by atoms with van der Waals surface area (Å²) in [4.78, 5) is 9.21. The molecule has 1 fully saturated rings. The first-order valence-electron chi connectivity index (χ1n) is 8.69. The van der Waals surface area contributed by atoms with Gasteiger partial charge in [0.15, 0.2) is 5.96 Å². The Morgan fingerprint density at radius 1 is 1.16 bits per heavy atom. The highest BCUT2D eigenvalue weighted by atomic mass is 35.5. The van der Waals surface area contributed by atoms with Crippen LogP contribution in [-0.4, -0.2) is 55.5 Å². The van der Waals surface area contributed by atoms with Gasteiger partial charge in [-0.3, -0.25) is 9.89 Å². The van der Waals surface area contributed by atoms with Crippen LogP contribution < -0.4 is 5.32 Å². The van der Waals surface area contributed by atoms with Crippen LogP contribution in [-0.2, 0) is 13.0 Å². The van der Waals surface area contributed by atoms with Crippen molar-refractivity contribution in [3.8, 4) is 0 Å². The highest BCUT2D eigenvalue weighted by Crippen LogP contribution is 2.13. The number of guanidine groups is 1. The van der Waals surface area contributed by atoms with Gasteiger partial charge < -0.3 is 14.6 Å². The molecule has 0 saturated carbocycles. The highest BCUT2D eigenvalue weighted by molar-refractivity contribution is 6.30. The van der Waals surface area contributed by atoms with E-state index in [4.69, 9.17) is 16.0 Å². The third-order valence-corrected chi connectivity index (χ3v) is 4.69. The Morgan fingerprint density at radius 2 is 1.92 bits per heavy atom. The number of halogens is 1. The molecule has 0 bridgehead atoms. The minimum absolute atomic E-state index is 0.790. The van der Waals surface area contributed by atoms with E-state index in [1.54, 1.807) is 6.26 Å². The highest BCUT2D eigenvalue weighted by Gasteiger charge is 2.19. The molecule has 0 amide bonds. The first-order chi connectivity index (χ1) is 12.2. The molecule has 0 spiro atoms. The summed E-state index contributed by atoms with van der Waals surface area (Å²) in [7, 11) is 1.84. The van der Waals surface area contributed by atoms with E-state index in [-0.39, 0.29) is 0 Å². The summed E-state index contributed by atoms with van der Waals surface area (Å²) in [6, 6.07) is 12.0. The number of rotatable bonds is 5. The predicted octanol–water partition coefficient (Wildman–Crippen LogP) is 2.87.